The number of rotatable bonds is 12. The van der Waals surface area contributed by atoms with Crippen LogP contribution in [0.15, 0.2) is 22.2 Å². The zero-order valence-electron chi connectivity index (χ0n) is 26.4. The van der Waals surface area contributed by atoms with Crippen molar-refractivity contribution in [3.8, 4) is 0 Å². The Morgan fingerprint density at radius 1 is 0.962 bits per heavy atom. The van der Waals surface area contributed by atoms with E-state index in [1.807, 2.05) is 0 Å². The predicted octanol–water partition coefficient (Wildman–Crippen LogP) is -5.05. The van der Waals surface area contributed by atoms with Crippen LogP contribution in [0.3, 0.4) is 0 Å². The Bertz CT molecular complexity index is 2280. The van der Waals surface area contributed by atoms with Crippen LogP contribution in [0.4, 0.5) is 11.9 Å². The number of nitrogens with two attached hydrogens (primary N) is 2. The van der Waals surface area contributed by atoms with Crippen molar-refractivity contribution in [1.82, 2.24) is 34.1 Å². The van der Waals surface area contributed by atoms with Crippen molar-refractivity contribution in [3.05, 3.63) is 33.4 Å². The summed E-state index contributed by atoms with van der Waals surface area (Å²) >= 11 is 4.41. The van der Waals surface area contributed by atoms with Crippen molar-refractivity contribution in [2.75, 3.05) is 24.7 Å². The van der Waals surface area contributed by atoms with E-state index < -0.39 is 95.6 Å². The molecule has 30 heteroatoms. The van der Waals surface area contributed by atoms with Crippen molar-refractivity contribution in [3.63, 3.8) is 0 Å². The molecule has 0 aromatic carbocycles. The van der Waals surface area contributed by atoms with Gasteiger partial charge in [-0.15, -0.1) is 0 Å². The largest absolute Gasteiger partial charge is 0.779 e. The minimum absolute atomic E-state index is 0.0955. The second kappa shape index (κ2) is 14.0. The van der Waals surface area contributed by atoms with Crippen LogP contribution in [0, 0.1) is 5.92 Å². The molecule has 0 aliphatic carbocycles. The topological polar surface area (TPSA) is 390 Å². The molecule has 6 heterocycles. The van der Waals surface area contributed by atoms with Gasteiger partial charge in [-0.3, -0.25) is 46.4 Å². The highest BCUT2D eigenvalue weighted by Crippen LogP contribution is 2.63. The normalized spacial score (nSPS) is 30.1. The lowest BCUT2D eigenvalue weighted by molar-refractivity contribution is -0.745. The number of aryl methyl sites for hydroxylation is 1. The van der Waals surface area contributed by atoms with Crippen LogP contribution in [0.1, 0.15) is 19.4 Å². The van der Waals surface area contributed by atoms with Gasteiger partial charge in [0.05, 0.1) is 32.7 Å². The van der Waals surface area contributed by atoms with E-state index in [0.29, 0.717) is 0 Å². The standard InChI is InChI=1S/C22H31N10O16P3S/c1-7-12(33)8(45-19(7)32-6-30(2)11-16(32)27-22(24)29-18(11)37)3-43-49(38,39)47-51(42,52)48-50(40,41)44-4-9-13(34)14(35)20(46-9)31-5-25-10-15(31)26-21(23)28-17(10)36/h5-9,12-14,19-20,33-35H,3-4H2,1-2H3,(H8-,23,24,26,27,28,29,36,37,38,39,40,41,42,52)/p-2/t7-,8-,9-,12+,13-,14-,19-,20-,51?/m1/s1. The van der Waals surface area contributed by atoms with E-state index in [1.54, 1.807) is 14.0 Å². The Morgan fingerprint density at radius 2 is 1.54 bits per heavy atom. The summed E-state index contributed by atoms with van der Waals surface area (Å²) in [6.07, 6.45) is -7.89. The first-order valence-electron chi connectivity index (χ1n) is 14.7. The number of aromatic nitrogens is 8. The fraction of sp³-hybridized carbons (Fsp3) is 0.545. The van der Waals surface area contributed by atoms with Crippen LogP contribution in [0.5, 0.6) is 0 Å². The van der Waals surface area contributed by atoms with Gasteiger partial charge in [-0.05, 0) is 0 Å². The first kappa shape index (κ1) is 38.6. The lowest BCUT2D eigenvalue weighted by atomic mass is 10.0. The Hall–Kier alpha value is -3.07. The molecule has 52 heavy (non-hydrogen) atoms. The van der Waals surface area contributed by atoms with Crippen molar-refractivity contribution < 1.29 is 70.8 Å². The fourth-order valence-corrected chi connectivity index (χ4v) is 10.5. The molecular weight excluding hydrogens is 785 g/mol. The maximum Gasteiger partial charge on any atom is 0.313 e. The average molecular weight is 815 g/mol. The number of aromatic amines is 2. The Morgan fingerprint density at radius 3 is 2.17 bits per heavy atom. The summed E-state index contributed by atoms with van der Waals surface area (Å²) in [5.74, 6) is -1.24. The van der Waals surface area contributed by atoms with Crippen molar-refractivity contribution in [2.24, 2.45) is 13.0 Å². The molecular formula is C22H29N10O16P3S-2. The molecule has 0 saturated carbocycles. The van der Waals surface area contributed by atoms with Crippen LogP contribution >= 0.6 is 22.4 Å². The Balaban J connectivity index is 1.05. The number of aliphatic hydroxyl groups is 3. The predicted molar refractivity (Wildman–Crippen MR) is 167 cm³/mol. The molecule has 0 radical (unpaired) electrons. The molecule has 2 saturated heterocycles. The second-order valence-electron chi connectivity index (χ2n) is 11.6. The maximum absolute atomic E-state index is 12.6. The summed E-state index contributed by atoms with van der Waals surface area (Å²) in [6, 6.07) is 0. The summed E-state index contributed by atoms with van der Waals surface area (Å²) in [5.41, 5.74) is 9.84. The highest BCUT2D eigenvalue weighted by molar-refractivity contribution is 8.09. The second-order valence-corrected chi connectivity index (χ2v) is 17.4. The van der Waals surface area contributed by atoms with Gasteiger partial charge < -0.3 is 60.0 Å². The summed E-state index contributed by atoms with van der Waals surface area (Å²) < 4.78 is 57.7. The molecule has 0 amide bonds. The van der Waals surface area contributed by atoms with Crippen LogP contribution in [0.2, 0.25) is 0 Å². The summed E-state index contributed by atoms with van der Waals surface area (Å²) in [5, 5.41) is 31.7. The fourth-order valence-electron chi connectivity index (χ4n) is 5.67. The van der Waals surface area contributed by atoms with Gasteiger partial charge in [0.15, 0.2) is 29.9 Å². The zero-order chi connectivity index (χ0) is 38.1. The number of H-pyrrole nitrogens is 2. The van der Waals surface area contributed by atoms with E-state index >= 15 is 0 Å². The number of nitrogens with one attached hydrogen (secondary N) is 2. The SMILES string of the molecule is C[C@@H]1[C@H](O)[C@@H](COP(=O)([O-])OP([O-])(=S)OP(=O)([O-])OC[C@H]2O[C@@H](n3cnc4c(=O)[nH]c(N)nc43)[C@H](O)[C@@H]2O)O[C@H]1[n+]1cn(C)c2c(=O)[nH]c(N)nc21. The summed E-state index contributed by atoms with van der Waals surface area (Å²) in [4.78, 5) is 78.5. The number of imidazole rings is 2. The maximum atomic E-state index is 12.6. The summed E-state index contributed by atoms with van der Waals surface area (Å²) in [7, 11) is -9.98. The zero-order valence-corrected chi connectivity index (χ0v) is 29.9. The van der Waals surface area contributed by atoms with E-state index in [2.05, 4.69) is 54.4 Å². The molecule has 11 atom stereocenters. The molecule has 0 bridgehead atoms. The molecule has 0 spiro atoms. The lowest BCUT2D eigenvalue weighted by Gasteiger charge is -2.37. The molecule has 2 aliphatic heterocycles. The smallest absolute Gasteiger partial charge is 0.313 e. The number of aliphatic hydroxyl groups excluding tert-OH is 3. The molecule has 3 unspecified atom stereocenters. The third kappa shape index (κ3) is 7.63. The Kier molecular flexibility index (Phi) is 10.4. The third-order valence-corrected chi connectivity index (χ3v) is 13.3. The van der Waals surface area contributed by atoms with Gasteiger partial charge in [0, 0.05) is 5.92 Å². The highest BCUT2D eigenvalue weighted by atomic mass is 32.5. The average Bonchev–Trinajstić information content (AvgIpc) is 3.74. The van der Waals surface area contributed by atoms with Crippen LogP contribution < -0.4 is 41.8 Å². The minimum Gasteiger partial charge on any atom is -0.779 e. The molecule has 26 nitrogen and oxygen atoms in total. The lowest BCUT2D eigenvalue weighted by Crippen LogP contribution is -2.42. The number of phosphoric ester groups is 2. The van der Waals surface area contributed by atoms with Gasteiger partial charge in [0.1, 0.15) is 31.1 Å². The van der Waals surface area contributed by atoms with E-state index in [9.17, 15) is 48.7 Å². The number of fused-ring (bicyclic) bond motifs is 2. The van der Waals surface area contributed by atoms with Gasteiger partial charge in [-0.25, -0.2) is 9.55 Å². The molecule has 4 aromatic rings. The molecule has 6 rings (SSSR count). The molecule has 9 N–H and O–H groups in total. The minimum atomic E-state index is -5.79. The van der Waals surface area contributed by atoms with Gasteiger partial charge in [0.25, 0.3) is 32.7 Å². The number of hydrogen-bond donors (Lipinski definition) is 7. The van der Waals surface area contributed by atoms with E-state index in [-0.39, 0.29) is 34.2 Å². The first-order valence-corrected chi connectivity index (χ1v) is 20.1. The quantitative estimate of drug-likeness (QED) is 0.0520. The van der Waals surface area contributed by atoms with Gasteiger partial charge >= 0.3 is 5.65 Å². The number of anilines is 2. The van der Waals surface area contributed by atoms with Crippen LogP contribution in [-0.4, -0.2) is 93.1 Å². The van der Waals surface area contributed by atoms with E-state index in [1.165, 1.54) is 15.5 Å². The Labute approximate surface area is 294 Å². The molecule has 286 valence electrons. The number of phosphoric acid groups is 2. The van der Waals surface area contributed by atoms with Crippen LogP contribution in [-0.2, 0) is 55.1 Å². The highest BCUT2D eigenvalue weighted by Gasteiger charge is 2.47. The van der Waals surface area contributed by atoms with Gasteiger partial charge in [-0.2, -0.15) is 4.98 Å². The van der Waals surface area contributed by atoms with Gasteiger partial charge in [-0.1, -0.05) is 23.7 Å². The number of hydrogen-bond acceptors (Lipinski definition) is 22. The van der Waals surface area contributed by atoms with E-state index in [0.717, 1.165) is 10.9 Å². The molecule has 4 aromatic heterocycles. The van der Waals surface area contributed by atoms with Crippen molar-refractivity contribution >= 4 is 68.4 Å². The number of ether oxygens (including phenoxy) is 2. The van der Waals surface area contributed by atoms with Crippen LogP contribution in [0.25, 0.3) is 22.3 Å². The van der Waals surface area contributed by atoms with Crippen molar-refractivity contribution in [1.29, 1.82) is 0 Å². The number of nitrogen functional groups attached to an aromatic ring is 2. The monoisotopic (exact) mass is 814 g/mol. The summed E-state index contributed by atoms with van der Waals surface area (Å²) in [6.45, 7) is -5.96. The number of nitrogens with zero attached hydrogens (tertiary/aromatic N) is 6. The van der Waals surface area contributed by atoms with E-state index in [4.69, 9.17) is 20.9 Å². The van der Waals surface area contributed by atoms with Crippen molar-refractivity contribution in [2.45, 2.75) is 49.9 Å². The van der Waals surface area contributed by atoms with Gasteiger partial charge in [0.2, 0.25) is 11.5 Å². The third-order valence-electron chi connectivity index (χ3n) is 8.00. The first-order chi connectivity index (χ1) is 24.2. The molecule has 2 fully saturated rings. The molecule has 2 aliphatic rings.